The molecular weight excluding hydrogens is 327 g/mol. The molecule has 2 amide bonds. The summed E-state index contributed by atoms with van der Waals surface area (Å²) in [6, 6.07) is 7.56. The summed E-state index contributed by atoms with van der Waals surface area (Å²) in [5, 5.41) is 4.92. The summed E-state index contributed by atoms with van der Waals surface area (Å²) in [7, 11) is 0. The summed E-state index contributed by atoms with van der Waals surface area (Å²) in [6.07, 6.45) is -4.40. The number of nitrogens with zero attached hydrogens (tertiary/aromatic N) is 1. The molecule has 0 bridgehead atoms. The zero-order valence-electron chi connectivity index (χ0n) is 12.8. The second kappa shape index (κ2) is 8.11. The van der Waals surface area contributed by atoms with Gasteiger partial charge in [-0.3, -0.25) is 14.5 Å². The van der Waals surface area contributed by atoms with Crippen molar-refractivity contribution in [2.45, 2.75) is 12.2 Å². The maximum atomic E-state index is 12.6. The highest BCUT2D eigenvalue weighted by Gasteiger charge is 2.38. The van der Waals surface area contributed by atoms with Crippen LogP contribution in [0.3, 0.4) is 0 Å². The zero-order valence-corrected chi connectivity index (χ0v) is 12.8. The van der Waals surface area contributed by atoms with Crippen molar-refractivity contribution in [2.24, 2.45) is 0 Å². The van der Waals surface area contributed by atoms with Gasteiger partial charge in [-0.15, -0.1) is 0 Å². The van der Waals surface area contributed by atoms with Gasteiger partial charge in [-0.25, -0.2) is 0 Å². The van der Waals surface area contributed by atoms with E-state index in [1.807, 2.05) is 0 Å². The Kier molecular flexibility index (Phi) is 6.16. The van der Waals surface area contributed by atoms with Crippen LogP contribution in [0.1, 0.15) is 0 Å². The predicted molar refractivity (Wildman–Crippen MR) is 80.3 cm³/mol. The van der Waals surface area contributed by atoms with Crippen molar-refractivity contribution in [2.75, 3.05) is 38.2 Å². The first-order chi connectivity index (χ1) is 11.3. The lowest BCUT2D eigenvalue weighted by Crippen LogP contribution is -2.56. The molecule has 1 saturated heterocycles. The molecule has 1 heterocycles. The number of amides is 2. The number of hydrogen-bond donors (Lipinski definition) is 2. The van der Waals surface area contributed by atoms with Crippen molar-refractivity contribution in [1.82, 2.24) is 10.2 Å². The first-order valence-corrected chi connectivity index (χ1v) is 7.36. The minimum Gasteiger partial charge on any atom is -0.378 e. The van der Waals surface area contributed by atoms with Crippen LogP contribution in [-0.2, 0) is 14.3 Å². The third-order valence-corrected chi connectivity index (χ3v) is 3.41. The second-order valence-corrected chi connectivity index (χ2v) is 5.31. The highest BCUT2D eigenvalue weighted by molar-refractivity contribution is 5.95. The van der Waals surface area contributed by atoms with Crippen molar-refractivity contribution in [1.29, 1.82) is 0 Å². The molecule has 1 aromatic carbocycles. The predicted octanol–water partition coefficient (Wildman–Crippen LogP) is 1.00. The fraction of sp³-hybridized carbons (Fsp3) is 0.467. The number of para-hydroxylation sites is 1. The van der Waals surface area contributed by atoms with Gasteiger partial charge < -0.3 is 15.4 Å². The highest BCUT2D eigenvalue weighted by atomic mass is 19.4. The van der Waals surface area contributed by atoms with E-state index in [4.69, 9.17) is 4.74 Å². The van der Waals surface area contributed by atoms with Crippen molar-refractivity contribution < 1.29 is 27.5 Å². The summed E-state index contributed by atoms with van der Waals surface area (Å²) in [5.74, 6) is -1.13. The van der Waals surface area contributed by atoms with E-state index in [9.17, 15) is 22.8 Å². The van der Waals surface area contributed by atoms with E-state index in [1.165, 1.54) is 0 Å². The Morgan fingerprint density at radius 2 is 1.96 bits per heavy atom. The van der Waals surface area contributed by atoms with Crippen LogP contribution in [0, 0.1) is 0 Å². The normalized spacial score (nSPS) is 18.9. The number of halogens is 3. The SMILES string of the molecule is O=C(CNC(=O)C1COCCN1CC(F)(F)F)Nc1ccccc1. The Morgan fingerprint density at radius 1 is 1.25 bits per heavy atom. The van der Waals surface area contributed by atoms with Gasteiger partial charge in [0.2, 0.25) is 11.8 Å². The quantitative estimate of drug-likeness (QED) is 0.835. The zero-order chi connectivity index (χ0) is 17.6. The van der Waals surface area contributed by atoms with Gasteiger partial charge >= 0.3 is 6.18 Å². The molecule has 2 N–H and O–H groups in total. The van der Waals surface area contributed by atoms with Gasteiger partial charge in [0, 0.05) is 12.2 Å². The Labute approximate surface area is 137 Å². The number of hydrogen-bond acceptors (Lipinski definition) is 4. The minimum atomic E-state index is -4.40. The van der Waals surface area contributed by atoms with E-state index < -0.39 is 30.6 Å². The van der Waals surface area contributed by atoms with Crippen LogP contribution < -0.4 is 10.6 Å². The number of morpholine rings is 1. The molecule has 2 rings (SSSR count). The molecule has 0 spiro atoms. The molecule has 1 atom stereocenters. The summed E-state index contributed by atoms with van der Waals surface area (Å²) in [4.78, 5) is 24.8. The van der Waals surface area contributed by atoms with Crippen molar-refractivity contribution in [3.63, 3.8) is 0 Å². The smallest absolute Gasteiger partial charge is 0.378 e. The van der Waals surface area contributed by atoms with Gasteiger partial charge in [-0.1, -0.05) is 18.2 Å². The van der Waals surface area contributed by atoms with Crippen LogP contribution in [-0.4, -0.2) is 61.8 Å². The summed E-state index contributed by atoms with van der Waals surface area (Å²) < 4.78 is 42.7. The molecule has 0 saturated carbocycles. The molecule has 1 fully saturated rings. The van der Waals surface area contributed by atoms with E-state index >= 15 is 0 Å². The van der Waals surface area contributed by atoms with Crippen LogP contribution in [0.2, 0.25) is 0 Å². The van der Waals surface area contributed by atoms with Crippen LogP contribution in [0.4, 0.5) is 18.9 Å². The van der Waals surface area contributed by atoms with Gasteiger partial charge in [0.1, 0.15) is 6.04 Å². The lowest BCUT2D eigenvalue weighted by Gasteiger charge is -2.34. The maximum Gasteiger partial charge on any atom is 0.401 e. The van der Waals surface area contributed by atoms with E-state index in [2.05, 4.69) is 10.6 Å². The third kappa shape index (κ3) is 5.82. The van der Waals surface area contributed by atoms with Gasteiger partial charge in [-0.2, -0.15) is 13.2 Å². The number of carbonyl (C=O) groups is 2. The lowest BCUT2D eigenvalue weighted by atomic mass is 10.2. The first-order valence-electron chi connectivity index (χ1n) is 7.36. The average molecular weight is 345 g/mol. The van der Waals surface area contributed by atoms with Gasteiger partial charge in [0.25, 0.3) is 0 Å². The van der Waals surface area contributed by atoms with Crippen molar-refractivity contribution >= 4 is 17.5 Å². The molecule has 1 aliphatic heterocycles. The van der Waals surface area contributed by atoms with Crippen LogP contribution in [0.25, 0.3) is 0 Å². The van der Waals surface area contributed by atoms with Gasteiger partial charge in [-0.05, 0) is 12.1 Å². The van der Waals surface area contributed by atoms with E-state index in [-0.39, 0.29) is 26.3 Å². The molecule has 24 heavy (non-hydrogen) atoms. The Balaban J connectivity index is 1.84. The largest absolute Gasteiger partial charge is 0.401 e. The van der Waals surface area contributed by atoms with Crippen LogP contribution >= 0.6 is 0 Å². The van der Waals surface area contributed by atoms with E-state index in [0.29, 0.717) is 5.69 Å². The van der Waals surface area contributed by atoms with Gasteiger partial charge in [0.05, 0.1) is 26.3 Å². The first kappa shape index (κ1) is 18.2. The molecule has 0 radical (unpaired) electrons. The second-order valence-electron chi connectivity index (χ2n) is 5.31. The molecular formula is C15H18F3N3O3. The summed E-state index contributed by atoms with van der Waals surface area (Å²) in [5.41, 5.74) is 0.566. The van der Waals surface area contributed by atoms with Gasteiger partial charge in [0.15, 0.2) is 0 Å². The number of benzene rings is 1. The summed E-state index contributed by atoms with van der Waals surface area (Å²) >= 11 is 0. The number of nitrogens with one attached hydrogen (secondary N) is 2. The van der Waals surface area contributed by atoms with Crippen molar-refractivity contribution in [3.8, 4) is 0 Å². The average Bonchev–Trinajstić information content (AvgIpc) is 2.52. The maximum absolute atomic E-state index is 12.6. The molecule has 1 aliphatic rings. The Hall–Kier alpha value is -2.13. The summed E-state index contributed by atoms with van der Waals surface area (Å²) in [6.45, 7) is -1.51. The number of alkyl halides is 3. The Morgan fingerprint density at radius 3 is 2.62 bits per heavy atom. The van der Waals surface area contributed by atoms with Crippen LogP contribution in [0.15, 0.2) is 30.3 Å². The Bertz CT molecular complexity index is 566. The number of ether oxygens (including phenoxy) is 1. The van der Waals surface area contributed by atoms with Crippen LogP contribution in [0.5, 0.6) is 0 Å². The molecule has 0 aromatic heterocycles. The molecule has 9 heteroatoms. The third-order valence-electron chi connectivity index (χ3n) is 3.41. The molecule has 6 nitrogen and oxygen atoms in total. The van der Waals surface area contributed by atoms with Crippen molar-refractivity contribution in [3.05, 3.63) is 30.3 Å². The van der Waals surface area contributed by atoms with E-state index in [1.54, 1.807) is 30.3 Å². The topological polar surface area (TPSA) is 70.7 Å². The monoisotopic (exact) mass is 345 g/mol. The standard InChI is InChI=1S/C15H18F3N3O3/c16-15(17,18)10-21-6-7-24-9-12(21)14(23)19-8-13(22)20-11-4-2-1-3-5-11/h1-5,12H,6-10H2,(H,19,23)(H,20,22). The molecule has 1 aromatic rings. The fourth-order valence-corrected chi connectivity index (χ4v) is 2.31. The number of carbonyl (C=O) groups excluding carboxylic acids is 2. The van der Waals surface area contributed by atoms with E-state index in [0.717, 1.165) is 4.90 Å². The number of anilines is 1. The highest BCUT2D eigenvalue weighted by Crippen LogP contribution is 2.19. The molecule has 0 aliphatic carbocycles. The molecule has 1 unspecified atom stereocenters. The molecule has 132 valence electrons. The fourth-order valence-electron chi connectivity index (χ4n) is 2.31. The minimum absolute atomic E-state index is 0.00775. The lowest BCUT2D eigenvalue weighted by molar-refractivity contribution is -0.167. The number of rotatable bonds is 5.